The van der Waals surface area contributed by atoms with Crippen LogP contribution in [0.15, 0.2) is 72.5 Å². The van der Waals surface area contributed by atoms with Crippen molar-refractivity contribution in [3.05, 3.63) is 110 Å². The maximum atomic E-state index is 11.7. The molecule has 115 valence electrons. The highest BCUT2D eigenvalue weighted by Gasteiger charge is 2.24. The summed E-state index contributed by atoms with van der Waals surface area (Å²) in [5.41, 5.74) is 4.11. The molecule has 0 aromatic heterocycles. The summed E-state index contributed by atoms with van der Waals surface area (Å²) in [5, 5.41) is 0. The lowest BCUT2D eigenvalue weighted by molar-refractivity contribution is -0.132. The SMILES string of the molecule is O=C1C=C(c2ccc(-c3ccccc3)cc2)/C(=C/[C]2[CH][CH][CH][CH]2)O1. The van der Waals surface area contributed by atoms with Gasteiger partial charge in [0.05, 0.1) is 0 Å². The van der Waals surface area contributed by atoms with Crippen LogP contribution in [0.4, 0.5) is 0 Å². The summed E-state index contributed by atoms with van der Waals surface area (Å²) in [6, 6.07) is 18.4. The van der Waals surface area contributed by atoms with Gasteiger partial charge < -0.3 is 4.74 Å². The van der Waals surface area contributed by atoms with Crippen molar-refractivity contribution >= 4 is 11.5 Å². The molecule has 24 heavy (non-hydrogen) atoms. The molecule has 0 spiro atoms. The second-order valence-corrected chi connectivity index (χ2v) is 5.65. The van der Waals surface area contributed by atoms with Crippen LogP contribution in [-0.2, 0) is 9.53 Å². The lowest BCUT2D eigenvalue weighted by atomic mass is 9.98. The van der Waals surface area contributed by atoms with E-state index in [9.17, 15) is 4.79 Å². The van der Waals surface area contributed by atoms with E-state index in [-0.39, 0.29) is 5.97 Å². The maximum Gasteiger partial charge on any atom is 0.336 e. The third-order valence-electron chi connectivity index (χ3n) is 4.03. The number of carbonyl (C=O) groups is 1. The predicted octanol–water partition coefficient (Wildman–Crippen LogP) is 4.58. The summed E-state index contributed by atoms with van der Waals surface area (Å²) in [6.45, 7) is 0. The van der Waals surface area contributed by atoms with E-state index in [0.717, 1.165) is 22.6 Å². The Labute approximate surface area is 142 Å². The number of esters is 1. The first kappa shape index (κ1) is 14.9. The maximum absolute atomic E-state index is 11.7. The number of rotatable bonds is 3. The highest BCUT2D eigenvalue weighted by Crippen LogP contribution is 2.34. The van der Waals surface area contributed by atoms with Gasteiger partial charge in [-0.2, -0.15) is 0 Å². The molecule has 0 unspecified atom stereocenters. The first-order chi connectivity index (χ1) is 11.8. The molecule has 0 saturated heterocycles. The van der Waals surface area contributed by atoms with Crippen molar-refractivity contribution in [2.24, 2.45) is 0 Å². The molecule has 2 heteroatoms. The van der Waals surface area contributed by atoms with Gasteiger partial charge in [0.25, 0.3) is 0 Å². The second-order valence-electron chi connectivity index (χ2n) is 5.65. The zero-order valence-electron chi connectivity index (χ0n) is 13.0. The molecule has 0 amide bonds. The van der Waals surface area contributed by atoms with E-state index in [1.54, 1.807) is 6.08 Å². The molecule has 1 aliphatic carbocycles. The van der Waals surface area contributed by atoms with Crippen molar-refractivity contribution in [2.75, 3.05) is 0 Å². The van der Waals surface area contributed by atoms with Crippen molar-refractivity contribution in [3.8, 4) is 11.1 Å². The standard InChI is InChI=1S/C22H15O2/c23-22-15-20(21(24-22)14-16-6-4-5-7-16)19-12-10-18(11-13-19)17-8-2-1-3-9-17/h1-15H/b21-14-. The molecule has 0 N–H and O–H groups in total. The van der Waals surface area contributed by atoms with Crippen LogP contribution in [0.2, 0.25) is 0 Å². The summed E-state index contributed by atoms with van der Waals surface area (Å²) < 4.78 is 5.35. The highest BCUT2D eigenvalue weighted by atomic mass is 16.5. The normalized spacial score (nSPS) is 19.6. The molecule has 1 aliphatic heterocycles. The van der Waals surface area contributed by atoms with E-state index in [1.807, 2.05) is 62.1 Å². The molecule has 2 aromatic rings. The van der Waals surface area contributed by atoms with Crippen LogP contribution in [0.25, 0.3) is 16.7 Å². The summed E-state index contributed by atoms with van der Waals surface area (Å²) in [6.07, 6.45) is 11.3. The van der Waals surface area contributed by atoms with E-state index in [0.29, 0.717) is 5.76 Å². The monoisotopic (exact) mass is 311 g/mol. The topological polar surface area (TPSA) is 26.3 Å². The molecule has 2 aromatic carbocycles. The van der Waals surface area contributed by atoms with Crippen LogP contribution >= 0.6 is 0 Å². The fourth-order valence-electron chi connectivity index (χ4n) is 2.82. The van der Waals surface area contributed by atoms with Gasteiger partial charge in [0, 0.05) is 17.6 Å². The van der Waals surface area contributed by atoms with Crippen LogP contribution in [0, 0.1) is 31.6 Å². The second kappa shape index (κ2) is 6.48. The van der Waals surface area contributed by atoms with Gasteiger partial charge in [-0.1, -0.05) is 54.6 Å². The van der Waals surface area contributed by atoms with Gasteiger partial charge in [0.15, 0.2) is 0 Å². The summed E-state index contributed by atoms with van der Waals surface area (Å²) >= 11 is 0. The fourth-order valence-corrected chi connectivity index (χ4v) is 2.82. The molecule has 1 heterocycles. The molecule has 0 bridgehead atoms. The van der Waals surface area contributed by atoms with Gasteiger partial charge in [-0.15, -0.1) is 0 Å². The molecular weight excluding hydrogens is 296 g/mol. The lowest BCUT2D eigenvalue weighted by Crippen LogP contribution is -1.95. The van der Waals surface area contributed by atoms with Crippen molar-refractivity contribution in [1.82, 2.24) is 0 Å². The Morgan fingerprint density at radius 1 is 0.750 bits per heavy atom. The molecule has 4 rings (SSSR count). The molecule has 0 atom stereocenters. The average Bonchev–Trinajstić information content (AvgIpc) is 3.26. The van der Waals surface area contributed by atoms with Crippen molar-refractivity contribution in [1.29, 1.82) is 0 Å². The Hall–Kier alpha value is -2.61. The summed E-state index contributed by atoms with van der Waals surface area (Å²) in [7, 11) is 0. The molecule has 1 saturated carbocycles. The molecule has 2 aliphatic rings. The third kappa shape index (κ3) is 3.05. The van der Waals surface area contributed by atoms with Crippen LogP contribution in [-0.4, -0.2) is 5.97 Å². The van der Waals surface area contributed by atoms with Gasteiger partial charge in [0.1, 0.15) is 5.76 Å². The number of ether oxygens (including phenoxy) is 1. The van der Waals surface area contributed by atoms with Crippen LogP contribution in [0.1, 0.15) is 5.56 Å². The Balaban J connectivity index is 1.62. The van der Waals surface area contributed by atoms with Crippen LogP contribution < -0.4 is 0 Å². The van der Waals surface area contributed by atoms with Gasteiger partial charge >= 0.3 is 5.97 Å². The lowest BCUT2D eigenvalue weighted by Gasteiger charge is -2.09. The largest absolute Gasteiger partial charge is 0.423 e. The van der Waals surface area contributed by atoms with Crippen molar-refractivity contribution in [2.45, 2.75) is 0 Å². The average molecular weight is 311 g/mol. The Bertz CT molecular complexity index is 792. The number of hydrogen-bond acceptors (Lipinski definition) is 2. The first-order valence-electron chi connectivity index (χ1n) is 7.83. The zero-order chi connectivity index (χ0) is 16.4. The minimum Gasteiger partial charge on any atom is -0.423 e. The minimum atomic E-state index is -0.324. The van der Waals surface area contributed by atoms with Gasteiger partial charge in [0.2, 0.25) is 0 Å². The molecule has 1 fully saturated rings. The van der Waals surface area contributed by atoms with Gasteiger partial charge in [-0.3, -0.25) is 0 Å². The highest BCUT2D eigenvalue weighted by molar-refractivity contribution is 6.02. The number of benzene rings is 2. The number of allylic oxidation sites excluding steroid dienone is 2. The molecule has 5 radical (unpaired) electrons. The number of hydrogen-bond donors (Lipinski definition) is 0. The van der Waals surface area contributed by atoms with Gasteiger partial charge in [-0.25, -0.2) is 4.79 Å². The minimum absolute atomic E-state index is 0.324. The van der Waals surface area contributed by atoms with Crippen molar-refractivity contribution < 1.29 is 9.53 Å². The Morgan fingerprint density at radius 3 is 2.08 bits per heavy atom. The Morgan fingerprint density at radius 2 is 1.38 bits per heavy atom. The van der Waals surface area contributed by atoms with E-state index in [1.165, 1.54) is 5.56 Å². The summed E-state index contributed by atoms with van der Waals surface area (Å²) in [4.78, 5) is 11.7. The van der Waals surface area contributed by atoms with E-state index in [2.05, 4.69) is 24.3 Å². The summed E-state index contributed by atoms with van der Waals surface area (Å²) in [5.74, 6) is 1.29. The van der Waals surface area contributed by atoms with Gasteiger partial charge in [-0.05, 0) is 48.4 Å². The van der Waals surface area contributed by atoms with Crippen LogP contribution in [0.3, 0.4) is 0 Å². The fraction of sp³-hybridized carbons (Fsp3) is 0. The van der Waals surface area contributed by atoms with Crippen molar-refractivity contribution in [3.63, 3.8) is 0 Å². The van der Waals surface area contributed by atoms with Crippen LogP contribution in [0.5, 0.6) is 0 Å². The quantitative estimate of drug-likeness (QED) is 0.775. The third-order valence-corrected chi connectivity index (χ3v) is 4.03. The number of cyclic esters (lactones) is 1. The molecular formula is C22H15O2. The zero-order valence-corrected chi connectivity index (χ0v) is 13.0. The van der Waals surface area contributed by atoms with E-state index in [4.69, 9.17) is 4.74 Å². The van der Waals surface area contributed by atoms with E-state index < -0.39 is 0 Å². The smallest absolute Gasteiger partial charge is 0.336 e. The number of carbonyl (C=O) groups excluding carboxylic acids is 1. The molecule has 2 nitrogen and oxygen atoms in total. The Kier molecular flexibility index (Phi) is 4.04. The predicted molar refractivity (Wildman–Crippen MR) is 94.5 cm³/mol. The first-order valence-corrected chi connectivity index (χ1v) is 7.83. The van der Waals surface area contributed by atoms with E-state index >= 15 is 0 Å².